The number of fused-ring (bicyclic) bond motifs is 2. The maximum absolute atomic E-state index is 6.48. The molecule has 1 aromatic heterocycles. The summed E-state index contributed by atoms with van der Waals surface area (Å²) in [6, 6.07) is 23.6. The molecular weight excluding hydrogens is 430 g/mol. The smallest absolute Gasteiger partial charge is 0.143 e. The number of aryl methyl sites for hydroxylation is 2. The van der Waals surface area contributed by atoms with Crippen molar-refractivity contribution >= 4 is 23.4 Å². The predicted octanol–water partition coefficient (Wildman–Crippen LogP) is 7.15. The lowest BCUT2D eigenvalue weighted by molar-refractivity contribution is 0.238. The van der Waals surface area contributed by atoms with Crippen LogP contribution in [0.2, 0.25) is 0 Å². The normalized spacial score (nSPS) is 15.5. The van der Waals surface area contributed by atoms with Crippen molar-refractivity contribution < 1.29 is 9.15 Å². The van der Waals surface area contributed by atoms with Crippen molar-refractivity contribution in [3.8, 4) is 28.2 Å². The number of ether oxygens (including phenoxy) is 1. The summed E-state index contributed by atoms with van der Waals surface area (Å²) < 4.78 is 12.5. The average molecular weight is 460 g/mol. The standard InChI is InChI=1S/C29H29NO2.ClH/c1-2-7-22(8-3-1)29-28(26-19-23-9-6-10-24(23)20-27(26)32-29)21-11-13-25(14-12-21)31-18-17-30-15-4-5-16-30;/h1-3,7-8,11-14,19-20H,4-6,9-10,15-18H2;1H. The van der Waals surface area contributed by atoms with Gasteiger partial charge in [0.2, 0.25) is 0 Å². The third-order valence-corrected chi connectivity index (χ3v) is 6.96. The van der Waals surface area contributed by atoms with Crippen molar-refractivity contribution in [1.82, 2.24) is 4.90 Å². The second-order valence-electron chi connectivity index (χ2n) is 9.06. The van der Waals surface area contributed by atoms with E-state index in [1.807, 2.05) is 0 Å². The van der Waals surface area contributed by atoms with Crippen LogP contribution in [0.3, 0.4) is 0 Å². The van der Waals surface area contributed by atoms with E-state index in [1.54, 1.807) is 0 Å². The Bertz CT molecular complexity index is 1220. The molecule has 0 atom stereocenters. The number of benzene rings is 3. The monoisotopic (exact) mass is 459 g/mol. The number of nitrogens with zero attached hydrogens (tertiary/aromatic N) is 1. The van der Waals surface area contributed by atoms with Crippen molar-refractivity contribution in [3.05, 3.63) is 77.9 Å². The number of hydrogen-bond donors (Lipinski definition) is 0. The fourth-order valence-corrected chi connectivity index (χ4v) is 5.26. The molecule has 4 heteroatoms. The van der Waals surface area contributed by atoms with Gasteiger partial charge in [-0.25, -0.2) is 0 Å². The van der Waals surface area contributed by atoms with Gasteiger partial charge in [0.15, 0.2) is 0 Å². The highest BCUT2D eigenvalue weighted by Gasteiger charge is 2.21. The van der Waals surface area contributed by atoms with Gasteiger partial charge in [-0.05, 0) is 86.1 Å². The minimum atomic E-state index is 0. The highest BCUT2D eigenvalue weighted by atomic mass is 35.5. The first-order valence-electron chi connectivity index (χ1n) is 11.9. The van der Waals surface area contributed by atoms with E-state index in [0.29, 0.717) is 0 Å². The Balaban J connectivity index is 0.00000228. The van der Waals surface area contributed by atoms with Crippen LogP contribution < -0.4 is 4.74 Å². The summed E-state index contributed by atoms with van der Waals surface area (Å²) in [5.74, 6) is 1.88. The van der Waals surface area contributed by atoms with Crippen molar-refractivity contribution in [2.45, 2.75) is 32.1 Å². The van der Waals surface area contributed by atoms with E-state index >= 15 is 0 Å². The van der Waals surface area contributed by atoms with Crippen molar-refractivity contribution in [2.75, 3.05) is 26.2 Å². The molecule has 0 amide bonds. The largest absolute Gasteiger partial charge is 0.492 e. The minimum absolute atomic E-state index is 0. The van der Waals surface area contributed by atoms with Crippen molar-refractivity contribution in [1.29, 1.82) is 0 Å². The fourth-order valence-electron chi connectivity index (χ4n) is 5.26. The zero-order valence-electron chi connectivity index (χ0n) is 18.9. The molecule has 0 spiro atoms. The molecule has 4 aromatic rings. The molecule has 0 saturated carbocycles. The molecular formula is C29H30ClNO2. The van der Waals surface area contributed by atoms with Crippen molar-refractivity contribution in [2.24, 2.45) is 0 Å². The Kier molecular flexibility index (Phi) is 6.43. The number of hydrogen-bond acceptors (Lipinski definition) is 3. The summed E-state index contributed by atoms with van der Waals surface area (Å²) in [5, 5.41) is 1.22. The molecule has 0 N–H and O–H groups in total. The molecule has 0 bridgehead atoms. The van der Waals surface area contributed by atoms with Crippen LogP contribution in [0.4, 0.5) is 0 Å². The lowest BCUT2D eigenvalue weighted by atomic mass is 9.97. The summed E-state index contributed by atoms with van der Waals surface area (Å²) >= 11 is 0. The Morgan fingerprint density at radius 1 is 0.788 bits per heavy atom. The molecule has 2 heterocycles. The summed E-state index contributed by atoms with van der Waals surface area (Å²) in [5.41, 5.74) is 7.38. The number of likely N-dealkylation sites (tertiary alicyclic amines) is 1. The molecule has 1 aliphatic heterocycles. The highest BCUT2D eigenvalue weighted by molar-refractivity contribution is 6.02. The third-order valence-electron chi connectivity index (χ3n) is 6.96. The second-order valence-corrected chi connectivity index (χ2v) is 9.06. The van der Waals surface area contributed by atoms with Crippen LogP contribution in [0.1, 0.15) is 30.4 Å². The molecule has 3 nitrogen and oxygen atoms in total. The zero-order valence-corrected chi connectivity index (χ0v) is 19.7. The summed E-state index contributed by atoms with van der Waals surface area (Å²) in [7, 11) is 0. The molecule has 1 aliphatic carbocycles. The molecule has 1 saturated heterocycles. The molecule has 33 heavy (non-hydrogen) atoms. The summed E-state index contributed by atoms with van der Waals surface area (Å²) in [6.07, 6.45) is 6.21. The van der Waals surface area contributed by atoms with Crippen LogP contribution in [0.5, 0.6) is 5.75 Å². The SMILES string of the molecule is Cl.c1ccc(-c2oc3cc4c(cc3c2-c2ccc(OCCN3CCCC3)cc2)CCC4)cc1. The molecule has 1 fully saturated rings. The Hall–Kier alpha value is -2.75. The van der Waals surface area contributed by atoms with E-state index in [0.717, 1.165) is 42.2 Å². The van der Waals surface area contributed by atoms with Gasteiger partial charge in [0.05, 0.1) is 0 Å². The van der Waals surface area contributed by atoms with Gasteiger partial charge in [-0.1, -0.05) is 42.5 Å². The van der Waals surface area contributed by atoms with Crippen molar-refractivity contribution in [3.63, 3.8) is 0 Å². The first-order valence-corrected chi connectivity index (χ1v) is 11.9. The van der Waals surface area contributed by atoms with Gasteiger partial charge < -0.3 is 9.15 Å². The zero-order chi connectivity index (χ0) is 21.3. The molecule has 0 radical (unpaired) electrons. The van der Waals surface area contributed by atoms with Gasteiger partial charge >= 0.3 is 0 Å². The maximum atomic E-state index is 6.48. The summed E-state index contributed by atoms with van der Waals surface area (Å²) in [4.78, 5) is 2.48. The lowest BCUT2D eigenvalue weighted by Crippen LogP contribution is -2.25. The number of rotatable bonds is 6. The van der Waals surface area contributed by atoms with E-state index in [2.05, 4.69) is 71.6 Å². The van der Waals surface area contributed by atoms with E-state index in [1.165, 1.54) is 66.4 Å². The van der Waals surface area contributed by atoms with Crippen LogP contribution in [-0.4, -0.2) is 31.1 Å². The topological polar surface area (TPSA) is 25.6 Å². The van der Waals surface area contributed by atoms with Gasteiger partial charge in [-0.2, -0.15) is 0 Å². The molecule has 2 aliphatic rings. The molecule has 0 unspecified atom stereocenters. The predicted molar refractivity (Wildman–Crippen MR) is 138 cm³/mol. The highest BCUT2D eigenvalue weighted by Crippen LogP contribution is 2.43. The number of halogens is 1. The lowest BCUT2D eigenvalue weighted by Gasteiger charge is -2.15. The van der Waals surface area contributed by atoms with Crippen LogP contribution in [0.15, 0.2) is 71.1 Å². The Labute approximate surface area is 201 Å². The Morgan fingerprint density at radius 3 is 2.27 bits per heavy atom. The van der Waals surface area contributed by atoms with Gasteiger partial charge in [-0.3, -0.25) is 4.90 Å². The van der Waals surface area contributed by atoms with Crippen LogP contribution in [-0.2, 0) is 12.8 Å². The van der Waals surface area contributed by atoms with Crippen LogP contribution in [0.25, 0.3) is 33.4 Å². The minimum Gasteiger partial charge on any atom is -0.492 e. The van der Waals surface area contributed by atoms with Gasteiger partial charge in [-0.15, -0.1) is 12.4 Å². The third kappa shape index (κ3) is 4.40. The van der Waals surface area contributed by atoms with Gasteiger partial charge in [0.1, 0.15) is 23.7 Å². The molecule has 3 aromatic carbocycles. The van der Waals surface area contributed by atoms with Gasteiger partial charge in [0, 0.05) is 23.1 Å². The van der Waals surface area contributed by atoms with E-state index in [9.17, 15) is 0 Å². The van der Waals surface area contributed by atoms with Crippen LogP contribution in [0, 0.1) is 0 Å². The summed E-state index contributed by atoms with van der Waals surface area (Å²) in [6.45, 7) is 4.18. The van der Waals surface area contributed by atoms with Gasteiger partial charge in [0.25, 0.3) is 0 Å². The quantitative estimate of drug-likeness (QED) is 0.306. The van der Waals surface area contributed by atoms with E-state index < -0.39 is 0 Å². The molecule has 6 rings (SSSR count). The second kappa shape index (κ2) is 9.62. The Morgan fingerprint density at radius 2 is 1.52 bits per heavy atom. The number of furan rings is 1. The first-order chi connectivity index (χ1) is 15.8. The maximum Gasteiger partial charge on any atom is 0.143 e. The molecule has 170 valence electrons. The first kappa shape index (κ1) is 22.1. The van der Waals surface area contributed by atoms with E-state index in [-0.39, 0.29) is 12.4 Å². The van der Waals surface area contributed by atoms with E-state index in [4.69, 9.17) is 9.15 Å². The fraction of sp³-hybridized carbons (Fsp3) is 0.310. The average Bonchev–Trinajstić information content (AvgIpc) is 3.58. The van der Waals surface area contributed by atoms with Crippen LogP contribution >= 0.6 is 12.4 Å².